The van der Waals surface area contributed by atoms with Gasteiger partial charge in [0.2, 0.25) is 0 Å². The first-order valence-corrected chi connectivity index (χ1v) is 10.3. The van der Waals surface area contributed by atoms with E-state index in [0.29, 0.717) is 11.8 Å². The lowest BCUT2D eigenvalue weighted by Crippen LogP contribution is -2.26. The van der Waals surface area contributed by atoms with E-state index in [1.165, 1.54) is 34.9 Å². The highest BCUT2D eigenvalue weighted by Gasteiger charge is 2.20. The summed E-state index contributed by atoms with van der Waals surface area (Å²) in [4.78, 5) is 8.54. The average Bonchev–Trinajstić information content (AvgIpc) is 3.26. The van der Waals surface area contributed by atoms with E-state index in [1.54, 1.807) is 0 Å². The third kappa shape index (κ3) is 2.90. The lowest BCUT2D eigenvalue weighted by Gasteiger charge is -2.23. The van der Waals surface area contributed by atoms with Crippen molar-refractivity contribution in [1.29, 1.82) is 0 Å². The number of rotatable bonds is 3. The Morgan fingerprint density at radius 3 is 2.71 bits per heavy atom. The Balaban J connectivity index is 1.66. The zero-order valence-corrected chi connectivity index (χ0v) is 16.8. The Kier molecular flexibility index (Phi) is 4.20. The molecule has 0 radical (unpaired) electrons. The molecule has 0 aliphatic carbocycles. The number of benzene rings is 1. The minimum Gasteiger partial charge on any atom is -0.353 e. The van der Waals surface area contributed by atoms with E-state index in [9.17, 15) is 0 Å². The van der Waals surface area contributed by atoms with Gasteiger partial charge in [-0.3, -0.25) is 0 Å². The minimum atomic E-state index is 0.414. The van der Waals surface area contributed by atoms with Crippen LogP contribution >= 0.6 is 0 Å². The van der Waals surface area contributed by atoms with E-state index in [2.05, 4.69) is 53.5 Å². The summed E-state index contributed by atoms with van der Waals surface area (Å²) >= 11 is 0. The summed E-state index contributed by atoms with van der Waals surface area (Å²) in [7, 11) is 0. The summed E-state index contributed by atoms with van der Waals surface area (Å²) in [6.07, 6.45) is 4.44. The number of aromatic amines is 1. The SMILES string of the molecule is Cc1cc2nc(-c3[nH]c4ccc(C5CCNCC5)cc4c3C(C)C)ccn2n1. The van der Waals surface area contributed by atoms with Crippen LogP contribution in [0.3, 0.4) is 0 Å². The summed E-state index contributed by atoms with van der Waals surface area (Å²) in [5.41, 5.74) is 8.01. The summed E-state index contributed by atoms with van der Waals surface area (Å²) in [6.45, 7) is 8.77. The van der Waals surface area contributed by atoms with Crippen LogP contribution in [0.5, 0.6) is 0 Å². The molecule has 0 bridgehead atoms. The number of hydrogen-bond acceptors (Lipinski definition) is 3. The molecule has 0 saturated carbocycles. The Morgan fingerprint density at radius 2 is 1.93 bits per heavy atom. The van der Waals surface area contributed by atoms with Gasteiger partial charge in [0.1, 0.15) is 0 Å². The molecule has 3 aromatic heterocycles. The van der Waals surface area contributed by atoms with Gasteiger partial charge in [-0.25, -0.2) is 9.50 Å². The van der Waals surface area contributed by atoms with E-state index < -0.39 is 0 Å². The van der Waals surface area contributed by atoms with Gasteiger partial charge in [0.05, 0.1) is 17.1 Å². The van der Waals surface area contributed by atoms with Crippen LogP contribution in [0.25, 0.3) is 27.9 Å². The summed E-state index contributed by atoms with van der Waals surface area (Å²) in [6, 6.07) is 11.1. The fourth-order valence-electron chi connectivity index (χ4n) is 4.58. The lowest BCUT2D eigenvalue weighted by atomic mass is 9.88. The molecule has 28 heavy (non-hydrogen) atoms. The molecule has 4 aromatic rings. The van der Waals surface area contributed by atoms with Crippen molar-refractivity contribution >= 4 is 16.6 Å². The second kappa shape index (κ2) is 6.74. The van der Waals surface area contributed by atoms with E-state index in [-0.39, 0.29) is 0 Å². The number of fused-ring (bicyclic) bond motifs is 2. The zero-order chi connectivity index (χ0) is 19.3. The topological polar surface area (TPSA) is 58.0 Å². The van der Waals surface area contributed by atoms with Gasteiger partial charge in [0, 0.05) is 23.2 Å². The third-order valence-corrected chi connectivity index (χ3v) is 5.95. The predicted octanol–water partition coefficient (Wildman–Crippen LogP) is 4.78. The minimum absolute atomic E-state index is 0.414. The van der Waals surface area contributed by atoms with Gasteiger partial charge in [-0.1, -0.05) is 19.9 Å². The highest BCUT2D eigenvalue weighted by atomic mass is 15.2. The predicted molar refractivity (Wildman–Crippen MR) is 114 cm³/mol. The van der Waals surface area contributed by atoms with Crippen molar-refractivity contribution in [3.63, 3.8) is 0 Å². The largest absolute Gasteiger partial charge is 0.353 e. The molecule has 144 valence electrons. The van der Waals surface area contributed by atoms with Crippen LogP contribution in [0.4, 0.5) is 0 Å². The number of H-pyrrole nitrogens is 1. The Hall–Kier alpha value is -2.66. The highest BCUT2D eigenvalue weighted by Crippen LogP contribution is 2.37. The molecule has 1 saturated heterocycles. The van der Waals surface area contributed by atoms with Crippen LogP contribution in [0.2, 0.25) is 0 Å². The number of aromatic nitrogens is 4. The number of nitrogens with one attached hydrogen (secondary N) is 2. The Bertz CT molecular complexity index is 1140. The van der Waals surface area contributed by atoms with Crippen LogP contribution in [0.1, 0.15) is 55.3 Å². The summed E-state index contributed by atoms with van der Waals surface area (Å²) < 4.78 is 1.84. The van der Waals surface area contributed by atoms with Gasteiger partial charge in [0.15, 0.2) is 5.65 Å². The number of nitrogens with zero attached hydrogens (tertiary/aromatic N) is 3. The van der Waals surface area contributed by atoms with Gasteiger partial charge in [0.25, 0.3) is 0 Å². The van der Waals surface area contributed by atoms with Crippen molar-refractivity contribution in [1.82, 2.24) is 24.9 Å². The van der Waals surface area contributed by atoms with Crippen molar-refractivity contribution in [2.45, 2.75) is 45.4 Å². The first kappa shape index (κ1) is 17.4. The monoisotopic (exact) mass is 373 g/mol. The average molecular weight is 374 g/mol. The van der Waals surface area contributed by atoms with E-state index in [4.69, 9.17) is 4.98 Å². The molecule has 1 aromatic carbocycles. The van der Waals surface area contributed by atoms with E-state index in [1.807, 2.05) is 23.7 Å². The van der Waals surface area contributed by atoms with Crippen LogP contribution in [0, 0.1) is 6.92 Å². The standard InChI is InChI=1S/C23H27N5/c1-14(2)22-18-13-17(16-6-9-24-10-7-16)4-5-19(18)26-23(22)20-8-11-28-21(25-20)12-15(3)27-28/h4-5,8,11-14,16,24,26H,6-7,9-10H2,1-3H3. The fraction of sp³-hybridized carbons (Fsp3) is 0.391. The quantitative estimate of drug-likeness (QED) is 0.543. The van der Waals surface area contributed by atoms with Crippen molar-refractivity contribution < 1.29 is 0 Å². The van der Waals surface area contributed by atoms with Crippen molar-refractivity contribution in [3.8, 4) is 11.4 Å². The maximum atomic E-state index is 4.88. The molecule has 5 nitrogen and oxygen atoms in total. The van der Waals surface area contributed by atoms with Gasteiger partial charge < -0.3 is 10.3 Å². The molecule has 5 rings (SSSR count). The molecule has 0 spiro atoms. The van der Waals surface area contributed by atoms with E-state index >= 15 is 0 Å². The molecular formula is C23H27N5. The second-order valence-electron chi connectivity index (χ2n) is 8.30. The molecule has 5 heteroatoms. The zero-order valence-electron chi connectivity index (χ0n) is 16.8. The van der Waals surface area contributed by atoms with Gasteiger partial charge in [-0.2, -0.15) is 5.10 Å². The van der Waals surface area contributed by atoms with Crippen LogP contribution < -0.4 is 5.32 Å². The molecule has 4 heterocycles. The molecule has 1 aliphatic rings. The third-order valence-electron chi connectivity index (χ3n) is 5.95. The van der Waals surface area contributed by atoms with Gasteiger partial charge in [-0.05, 0) is 74.0 Å². The molecular weight excluding hydrogens is 346 g/mol. The number of aryl methyl sites for hydroxylation is 1. The van der Waals surface area contributed by atoms with Crippen LogP contribution in [-0.2, 0) is 0 Å². The summed E-state index contributed by atoms with van der Waals surface area (Å²) in [5, 5.41) is 9.26. The fourth-order valence-corrected chi connectivity index (χ4v) is 4.58. The van der Waals surface area contributed by atoms with Crippen LogP contribution in [-0.4, -0.2) is 32.7 Å². The Labute approximate surface area is 165 Å². The van der Waals surface area contributed by atoms with Gasteiger partial charge in [-0.15, -0.1) is 0 Å². The highest BCUT2D eigenvalue weighted by molar-refractivity contribution is 5.91. The summed E-state index contributed by atoms with van der Waals surface area (Å²) in [5.74, 6) is 1.07. The normalized spacial score (nSPS) is 15.9. The number of hydrogen-bond donors (Lipinski definition) is 2. The Morgan fingerprint density at radius 1 is 1.11 bits per heavy atom. The smallest absolute Gasteiger partial charge is 0.155 e. The molecule has 1 aliphatic heterocycles. The molecule has 0 atom stereocenters. The maximum Gasteiger partial charge on any atom is 0.155 e. The second-order valence-corrected chi connectivity index (χ2v) is 8.30. The maximum absolute atomic E-state index is 4.88. The number of piperidine rings is 1. The van der Waals surface area contributed by atoms with Gasteiger partial charge >= 0.3 is 0 Å². The van der Waals surface area contributed by atoms with Crippen molar-refractivity contribution in [2.24, 2.45) is 0 Å². The van der Waals surface area contributed by atoms with E-state index in [0.717, 1.165) is 35.8 Å². The lowest BCUT2D eigenvalue weighted by molar-refractivity contribution is 0.460. The first-order chi connectivity index (χ1) is 13.6. The molecule has 0 unspecified atom stereocenters. The van der Waals surface area contributed by atoms with Crippen LogP contribution in [0.15, 0.2) is 36.5 Å². The first-order valence-electron chi connectivity index (χ1n) is 10.3. The van der Waals surface area contributed by atoms with Crippen molar-refractivity contribution in [2.75, 3.05) is 13.1 Å². The molecule has 0 amide bonds. The molecule has 1 fully saturated rings. The van der Waals surface area contributed by atoms with Crippen molar-refractivity contribution in [3.05, 3.63) is 53.3 Å². The molecule has 2 N–H and O–H groups in total.